The molecule has 0 N–H and O–H groups in total. The van der Waals surface area contributed by atoms with Gasteiger partial charge in [-0.05, 0) is 6.07 Å². The molecule has 0 spiro atoms. The van der Waals surface area contributed by atoms with Crippen LogP contribution in [0.25, 0.3) is 0 Å². The minimum Gasteiger partial charge on any atom is -0.245 e. The zero-order chi connectivity index (χ0) is 6.53. The lowest BCUT2D eigenvalue weighted by Gasteiger charge is -1.91. The van der Waals surface area contributed by atoms with Gasteiger partial charge in [-0.25, -0.2) is 9.97 Å². The van der Waals surface area contributed by atoms with Crippen LogP contribution >= 0.6 is 11.6 Å². The van der Waals surface area contributed by atoms with E-state index in [-0.39, 0.29) is 0 Å². The predicted molar refractivity (Wildman–Crippen MR) is 36.5 cm³/mol. The van der Waals surface area contributed by atoms with Gasteiger partial charge in [-0.15, -0.1) is 11.6 Å². The van der Waals surface area contributed by atoms with Crippen LogP contribution in [-0.2, 0) is 6.42 Å². The highest BCUT2D eigenvalue weighted by molar-refractivity contribution is 6.17. The molecule has 0 aromatic carbocycles. The Hall–Kier alpha value is -0.630. The van der Waals surface area contributed by atoms with E-state index in [4.69, 9.17) is 11.6 Å². The summed E-state index contributed by atoms with van der Waals surface area (Å²) in [5.41, 5.74) is 1.00. The summed E-state index contributed by atoms with van der Waals surface area (Å²) < 4.78 is 0. The van der Waals surface area contributed by atoms with Crippen LogP contribution in [-0.4, -0.2) is 15.8 Å². The van der Waals surface area contributed by atoms with Gasteiger partial charge >= 0.3 is 0 Å². The summed E-state index contributed by atoms with van der Waals surface area (Å²) in [7, 11) is 0. The minimum absolute atomic E-state index is 0.622. The fourth-order valence-corrected chi connectivity index (χ4v) is 0.756. The zero-order valence-electron chi connectivity index (χ0n) is 4.92. The molecule has 0 fully saturated rings. The molecule has 2 nitrogen and oxygen atoms in total. The van der Waals surface area contributed by atoms with Crippen LogP contribution < -0.4 is 0 Å². The van der Waals surface area contributed by atoms with Crippen molar-refractivity contribution in [1.29, 1.82) is 0 Å². The highest BCUT2D eigenvalue weighted by Crippen LogP contribution is 1.92. The average Bonchev–Trinajstić information content (AvgIpc) is 1.91. The Morgan fingerprint density at radius 3 is 3.00 bits per heavy atom. The van der Waals surface area contributed by atoms with Gasteiger partial charge in [-0.2, -0.15) is 0 Å². The number of aromatic nitrogens is 2. The van der Waals surface area contributed by atoms with Crippen LogP contribution in [0, 0.1) is 0 Å². The Labute approximate surface area is 58.9 Å². The van der Waals surface area contributed by atoms with Crippen LogP contribution in [0.15, 0.2) is 18.6 Å². The Bertz CT molecular complexity index is 164. The van der Waals surface area contributed by atoms with E-state index in [9.17, 15) is 0 Å². The molecule has 1 aromatic heterocycles. The molecule has 0 bridgehead atoms. The highest BCUT2D eigenvalue weighted by Gasteiger charge is 1.88. The number of nitrogens with zero attached hydrogens (tertiary/aromatic N) is 2. The molecular formula is C6H7ClN2. The van der Waals surface area contributed by atoms with Gasteiger partial charge in [0.05, 0.1) is 0 Å². The lowest BCUT2D eigenvalue weighted by molar-refractivity contribution is 1.00. The fourth-order valence-electron chi connectivity index (χ4n) is 0.563. The second-order valence-electron chi connectivity index (χ2n) is 1.64. The summed E-state index contributed by atoms with van der Waals surface area (Å²) in [6, 6.07) is 1.86. The average molecular weight is 143 g/mol. The van der Waals surface area contributed by atoms with Gasteiger partial charge in [0.25, 0.3) is 0 Å². The van der Waals surface area contributed by atoms with E-state index in [1.165, 1.54) is 6.33 Å². The van der Waals surface area contributed by atoms with Gasteiger partial charge in [-0.1, -0.05) is 0 Å². The van der Waals surface area contributed by atoms with E-state index in [0.29, 0.717) is 5.88 Å². The molecule has 0 saturated heterocycles. The molecule has 0 aliphatic rings. The highest BCUT2D eigenvalue weighted by atomic mass is 35.5. The number of hydrogen-bond donors (Lipinski definition) is 0. The SMILES string of the molecule is ClCCc1ccncn1. The molecule has 0 atom stereocenters. The van der Waals surface area contributed by atoms with Gasteiger partial charge in [0.1, 0.15) is 6.33 Å². The summed E-state index contributed by atoms with van der Waals surface area (Å²) in [5.74, 6) is 0.622. The number of alkyl halides is 1. The Morgan fingerprint density at radius 2 is 2.44 bits per heavy atom. The summed E-state index contributed by atoms with van der Waals surface area (Å²) in [6.45, 7) is 0. The van der Waals surface area contributed by atoms with Crippen molar-refractivity contribution < 1.29 is 0 Å². The smallest absolute Gasteiger partial charge is 0.115 e. The van der Waals surface area contributed by atoms with E-state index in [1.807, 2.05) is 6.07 Å². The van der Waals surface area contributed by atoms with E-state index < -0.39 is 0 Å². The molecule has 0 unspecified atom stereocenters. The summed E-state index contributed by atoms with van der Waals surface area (Å²) in [5, 5.41) is 0. The summed E-state index contributed by atoms with van der Waals surface area (Å²) in [4.78, 5) is 7.75. The summed E-state index contributed by atoms with van der Waals surface area (Å²) >= 11 is 5.48. The van der Waals surface area contributed by atoms with Crippen molar-refractivity contribution in [2.24, 2.45) is 0 Å². The molecule has 48 valence electrons. The Balaban J connectivity index is 2.61. The maximum Gasteiger partial charge on any atom is 0.115 e. The van der Waals surface area contributed by atoms with Gasteiger partial charge in [0.2, 0.25) is 0 Å². The van der Waals surface area contributed by atoms with Crippen LogP contribution in [0.2, 0.25) is 0 Å². The van der Waals surface area contributed by atoms with Crippen molar-refractivity contribution in [3.05, 3.63) is 24.3 Å². The first-order valence-electron chi connectivity index (χ1n) is 2.74. The van der Waals surface area contributed by atoms with Crippen LogP contribution in [0.5, 0.6) is 0 Å². The molecule has 0 radical (unpaired) electrons. The van der Waals surface area contributed by atoms with Crippen molar-refractivity contribution in [2.75, 3.05) is 5.88 Å². The van der Waals surface area contributed by atoms with E-state index in [1.54, 1.807) is 6.20 Å². The van der Waals surface area contributed by atoms with Gasteiger partial charge in [0.15, 0.2) is 0 Å². The first-order chi connectivity index (χ1) is 4.43. The molecular weight excluding hydrogens is 136 g/mol. The van der Waals surface area contributed by atoms with Crippen molar-refractivity contribution in [3.8, 4) is 0 Å². The third kappa shape index (κ3) is 1.98. The van der Waals surface area contributed by atoms with Gasteiger partial charge in [0, 0.05) is 24.2 Å². The van der Waals surface area contributed by atoms with Crippen molar-refractivity contribution in [1.82, 2.24) is 9.97 Å². The first-order valence-corrected chi connectivity index (χ1v) is 3.28. The third-order valence-electron chi connectivity index (χ3n) is 0.994. The molecule has 1 rings (SSSR count). The first kappa shape index (κ1) is 6.49. The number of halogens is 1. The predicted octanol–water partition coefficient (Wildman–Crippen LogP) is 1.26. The van der Waals surface area contributed by atoms with Crippen molar-refractivity contribution >= 4 is 11.6 Å². The second kappa shape index (κ2) is 3.41. The Kier molecular flexibility index (Phi) is 2.46. The van der Waals surface area contributed by atoms with E-state index >= 15 is 0 Å². The molecule has 1 aromatic rings. The summed E-state index contributed by atoms with van der Waals surface area (Å²) in [6.07, 6.45) is 4.07. The Morgan fingerprint density at radius 1 is 1.56 bits per heavy atom. The van der Waals surface area contributed by atoms with Gasteiger partial charge in [-0.3, -0.25) is 0 Å². The minimum atomic E-state index is 0.622. The van der Waals surface area contributed by atoms with E-state index in [0.717, 1.165) is 12.1 Å². The standard InChI is InChI=1S/C6H7ClN2/c7-3-1-6-2-4-8-5-9-6/h2,4-5H,1,3H2. The van der Waals surface area contributed by atoms with Crippen LogP contribution in [0.1, 0.15) is 5.69 Å². The zero-order valence-corrected chi connectivity index (χ0v) is 5.67. The quantitative estimate of drug-likeness (QED) is 0.581. The topological polar surface area (TPSA) is 25.8 Å². The largest absolute Gasteiger partial charge is 0.245 e. The molecule has 0 aliphatic carbocycles. The number of hydrogen-bond acceptors (Lipinski definition) is 2. The molecule has 9 heavy (non-hydrogen) atoms. The van der Waals surface area contributed by atoms with Crippen molar-refractivity contribution in [2.45, 2.75) is 6.42 Å². The van der Waals surface area contributed by atoms with Crippen LogP contribution in [0.3, 0.4) is 0 Å². The maximum absolute atomic E-state index is 5.48. The molecule has 0 aliphatic heterocycles. The molecule has 0 amide bonds. The monoisotopic (exact) mass is 142 g/mol. The lowest BCUT2D eigenvalue weighted by Crippen LogP contribution is -1.89. The van der Waals surface area contributed by atoms with E-state index in [2.05, 4.69) is 9.97 Å². The molecule has 3 heteroatoms. The number of rotatable bonds is 2. The second-order valence-corrected chi connectivity index (χ2v) is 2.02. The maximum atomic E-state index is 5.48. The normalized spacial score (nSPS) is 9.44. The van der Waals surface area contributed by atoms with Gasteiger partial charge < -0.3 is 0 Å². The third-order valence-corrected chi connectivity index (χ3v) is 1.18. The molecule has 0 saturated carbocycles. The van der Waals surface area contributed by atoms with Crippen LogP contribution in [0.4, 0.5) is 0 Å². The number of aryl methyl sites for hydroxylation is 1. The lowest BCUT2D eigenvalue weighted by atomic mass is 10.3. The fraction of sp³-hybridized carbons (Fsp3) is 0.333. The molecule has 1 heterocycles. The van der Waals surface area contributed by atoms with Crippen molar-refractivity contribution in [3.63, 3.8) is 0 Å².